The predicted octanol–water partition coefficient (Wildman–Crippen LogP) is -0.415. The molecule has 7 heteroatoms. The maximum atomic E-state index is 12.0. The summed E-state index contributed by atoms with van der Waals surface area (Å²) < 4.78 is 2.13. The number of nitrogens with zero attached hydrogens (tertiary/aromatic N) is 3. The largest absolute Gasteiger partial charge is 0.391 e. The maximum Gasteiger partial charge on any atom is 0.346 e. The SMILES string of the molecule is Cn1nc(NC2CCCCCC2O)c(=O)n(C)c1=O. The van der Waals surface area contributed by atoms with Crippen molar-refractivity contribution in [2.75, 3.05) is 5.32 Å². The second kappa shape index (κ2) is 5.56. The molecule has 0 radical (unpaired) electrons. The van der Waals surface area contributed by atoms with Crippen molar-refractivity contribution >= 4 is 5.82 Å². The van der Waals surface area contributed by atoms with Gasteiger partial charge in [-0.1, -0.05) is 19.3 Å². The van der Waals surface area contributed by atoms with Gasteiger partial charge < -0.3 is 10.4 Å². The molecule has 106 valence electrons. The molecule has 0 aliphatic heterocycles. The summed E-state index contributed by atoms with van der Waals surface area (Å²) >= 11 is 0. The minimum Gasteiger partial charge on any atom is -0.391 e. The molecule has 1 aromatic rings. The van der Waals surface area contributed by atoms with Crippen LogP contribution < -0.4 is 16.6 Å². The predicted molar refractivity (Wildman–Crippen MR) is 71.2 cm³/mol. The lowest BCUT2D eigenvalue weighted by molar-refractivity contribution is 0.144. The fourth-order valence-electron chi connectivity index (χ4n) is 2.42. The Morgan fingerprint density at radius 1 is 1.21 bits per heavy atom. The zero-order valence-corrected chi connectivity index (χ0v) is 11.3. The highest BCUT2D eigenvalue weighted by atomic mass is 16.3. The van der Waals surface area contributed by atoms with E-state index in [1.165, 1.54) is 14.1 Å². The Labute approximate surface area is 110 Å². The van der Waals surface area contributed by atoms with E-state index in [-0.39, 0.29) is 11.9 Å². The third-order valence-electron chi connectivity index (χ3n) is 3.62. The Kier molecular flexibility index (Phi) is 4.04. The molecular formula is C12H20N4O3. The van der Waals surface area contributed by atoms with Crippen LogP contribution in [0, 0.1) is 0 Å². The van der Waals surface area contributed by atoms with Crippen LogP contribution in [0.2, 0.25) is 0 Å². The highest BCUT2D eigenvalue weighted by Crippen LogP contribution is 2.19. The van der Waals surface area contributed by atoms with E-state index >= 15 is 0 Å². The van der Waals surface area contributed by atoms with E-state index in [1.54, 1.807) is 0 Å². The molecule has 2 unspecified atom stereocenters. The molecule has 1 aromatic heterocycles. The summed E-state index contributed by atoms with van der Waals surface area (Å²) in [6.45, 7) is 0. The smallest absolute Gasteiger partial charge is 0.346 e. The average Bonchev–Trinajstić information content (AvgIpc) is 2.59. The number of aliphatic hydroxyl groups excluding tert-OH is 1. The average molecular weight is 268 g/mol. The summed E-state index contributed by atoms with van der Waals surface area (Å²) in [6, 6.07) is -0.180. The molecule has 1 fully saturated rings. The van der Waals surface area contributed by atoms with Crippen LogP contribution in [-0.4, -0.2) is 31.6 Å². The van der Waals surface area contributed by atoms with Crippen molar-refractivity contribution < 1.29 is 5.11 Å². The molecule has 0 bridgehead atoms. The van der Waals surface area contributed by atoms with E-state index < -0.39 is 17.4 Å². The molecule has 2 rings (SSSR count). The highest BCUT2D eigenvalue weighted by molar-refractivity contribution is 5.31. The summed E-state index contributed by atoms with van der Waals surface area (Å²) in [7, 11) is 2.91. The molecule has 0 aromatic carbocycles. The first-order chi connectivity index (χ1) is 9.00. The van der Waals surface area contributed by atoms with Crippen LogP contribution in [0.1, 0.15) is 32.1 Å². The third kappa shape index (κ3) is 2.86. The van der Waals surface area contributed by atoms with Crippen molar-refractivity contribution in [2.45, 2.75) is 44.2 Å². The molecule has 2 N–H and O–H groups in total. The molecule has 1 aliphatic carbocycles. The van der Waals surface area contributed by atoms with Gasteiger partial charge in [0.2, 0.25) is 5.82 Å². The van der Waals surface area contributed by atoms with Crippen molar-refractivity contribution in [2.24, 2.45) is 14.1 Å². The van der Waals surface area contributed by atoms with Crippen molar-refractivity contribution in [1.82, 2.24) is 14.3 Å². The van der Waals surface area contributed by atoms with Gasteiger partial charge in [0.05, 0.1) is 12.1 Å². The third-order valence-corrected chi connectivity index (χ3v) is 3.62. The van der Waals surface area contributed by atoms with E-state index in [1.807, 2.05) is 0 Å². The molecule has 0 spiro atoms. The van der Waals surface area contributed by atoms with Crippen molar-refractivity contribution in [3.63, 3.8) is 0 Å². The van der Waals surface area contributed by atoms with Gasteiger partial charge in [0, 0.05) is 14.1 Å². The highest BCUT2D eigenvalue weighted by Gasteiger charge is 2.23. The van der Waals surface area contributed by atoms with Crippen LogP contribution in [0.25, 0.3) is 0 Å². The van der Waals surface area contributed by atoms with Gasteiger partial charge in [0.1, 0.15) is 0 Å². The number of nitrogens with one attached hydrogen (secondary N) is 1. The van der Waals surface area contributed by atoms with Crippen LogP contribution in [0.3, 0.4) is 0 Å². The minimum absolute atomic E-state index is 0.121. The van der Waals surface area contributed by atoms with Crippen LogP contribution in [0.15, 0.2) is 9.59 Å². The molecule has 2 atom stereocenters. The Hall–Kier alpha value is -1.63. The number of aliphatic hydroxyl groups is 1. The van der Waals surface area contributed by atoms with E-state index in [0.29, 0.717) is 0 Å². The molecule has 7 nitrogen and oxygen atoms in total. The van der Waals surface area contributed by atoms with E-state index in [4.69, 9.17) is 0 Å². The number of hydrogen-bond acceptors (Lipinski definition) is 5. The van der Waals surface area contributed by atoms with Gasteiger partial charge in [0.15, 0.2) is 0 Å². The van der Waals surface area contributed by atoms with Crippen molar-refractivity contribution in [3.8, 4) is 0 Å². The molecular weight excluding hydrogens is 248 g/mol. The van der Waals surface area contributed by atoms with Gasteiger partial charge in [-0.15, -0.1) is 5.10 Å². The van der Waals surface area contributed by atoms with Crippen LogP contribution >= 0.6 is 0 Å². The Morgan fingerprint density at radius 3 is 2.63 bits per heavy atom. The summed E-state index contributed by atoms with van der Waals surface area (Å²) in [5, 5.41) is 17.0. The lowest BCUT2D eigenvalue weighted by Gasteiger charge is -2.22. The van der Waals surface area contributed by atoms with E-state index in [0.717, 1.165) is 41.4 Å². The molecule has 1 saturated carbocycles. The summed E-state index contributed by atoms with van der Waals surface area (Å²) in [5.74, 6) is 0.121. The first-order valence-corrected chi connectivity index (χ1v) is 6.59. The Bertz CT molecular complexity index is 563. The maximum absolute atomic E-state index is 12.0. The molecule has 0 saturated heterocycles. The second-order valence-corrected chi connectivity index (χ2v) is 5.08. The number of hydrogen-bond donors (Lipinski definition) is 2. The number of rotatable bonds is 2. The number of aromatic nitrogens is 3. The quantitative estimate of drug-likeness (QED) is 0.711. The molecule has 0 amide bonds. The van der Waals surface area contributed by atoms with Gasteiger partial charge in [-0.05, 0) is 12.8 Å². The summed E-state index contributed by atoms with van der Waals surface area (Å²) in [6.07, 6.45) is 4.15. The Morgan fingerprint density at radius 2 is 1.89 bits per heavy atom. The topological polar surface area (TPSA) is 89.2 Å². The normalized spacial score (nSPS) is 23.9. The molecule has 1 heterocycles. The van der Waals surface area contributed by atoms with Crippen LogP contribution in [-0.2, 0) is 14.1 Å². The van der Waals surface area contributed by atoms with Gasteiger partial charge in [0.25, 0.3) is 5.56 Å². The monoisotopic (exact) mass is 268 g/mol. The van der Waals surface area contributed by atoms with Gasteiger partial charge in [-0.25, -0.2) is 9.48 Å². The van der Waals surface area contributed by atoms with E-state index in [2.05, 4.69) is 10.4 Å². The fraction of sp³-hybridized carbons (Fsp3) is 0.750. The summed E-state index contributed by atoms with van der Waals surface area (Å²) in [4.78, 5) is 23.5. The van der Waals surface area contributed by atoms with Gasteiger partial charge in [-0.2, -0.15) is 0 Å². The Balaban J connectivity index is 2.28. The second-order valence-electron chi connectivity index (χ2n) is 5.08. The van der Waals surface area contributed by atoms with Gasteiger partial charge in [-0.3, -0.25) is 9.36 Å². The lowest BCUT2D eigenvalue weighted by atomic mass is 10.1. The van der Waals surface area contributed by atoms with Crippen molar-refractivity contribution in [3.05, 3.63) is 20.8 Å². The lowest BCUT2D eigenvalue weighted by Crippen LogP contribution is -2.43. The summed E-state index contributed by atoms with van der Waals surface area (Å²) in [5.41, 5.74) is -0.920. The van der Waals surface area contributed by atoms with Crippen LogP contribution in [0.4, 0.5) is 5.82 Å². The zero-order valence-electron chi connectivity index (χ0n) is 11.3. The minimum atomic E-state index is -0.480. The number of aryl methyl sites for hydroxylation is 1. The van der Waals surface area contributed by atoms with Crippen LogP contribution in [0.5, 0.6) is 0 Å². The standard InChI is InChI=1S/C12H20N4O3/c1-15-11(18)10(14-16(2)12(15)19)13-8-6-4-3-5-7-9(8)17/h8-9,17H,3-7H2,1-2H3,(H,13,14). The first kappa shape index (κ1) is 13.8. The van der Waals surface area contributed by atoms with Crippen molar-refractivity contribution in [1.29, 1.82) is 0 Å². The molecule has 1 aliphatic rings. The molecule has 19 heavy (non-hydrogen) atoms. The number of anilines is 1. The van der Waals surface area contributed by atoms with Gasteiger partial charge >= 0.3 is 5.69 Å². The first-order valence-electron chi connectivity index (χ1n) is 6.59. The van der Waals surface area contributed by atoms with E-state index in [9.17, 15) is 14.7 Å². The fourth-order valence-corrected chi connectivity index (χ4v) is 2.42. The zero-order chi connectivity index (χ0) is 14.0.